The van der Waals surface area contributed by atoms with Crippen molar-refractivity contribution in [3.63, 3.8) is 0 Å². The van der Waals surface area contributed by atoms with E-state index in [-0.39, 0.29) is 6.10 Å². The number of hydrogen-bond donors (Lipinski definition) is 1. The number of aliphatic hydroxyl groups is 1. The van der Waals surface area contributed by atoms with Crippen molar-refractivity contribution in [1.82, 2.24) is 0 Å². The van der Waals surface area contributed by atoms with Crippen molar-refractivity contribution in [3.8, 4) is 0 Å². The molecule has 1 aromatic carbocycles. The lowest BCUT2D eigenvalue weighted by Crippen LogP contribution is -2.25. The zero-order chi connectivity index (χ0) is 11.4. The maximum atomic E-state index is 9.60. The van der Waals surface area contributed by atoms with Gasteiger partial charge in [0.05, 0.1) is 19.3 Å². The lowest BCUT2D eigenvalue weighted by Gasteiger charge is -2.17. The first-order chi connectivity index (χ1) is 7.66. The van der Waals surface area contributed by atoms with Crippen LogP contribution >= 0.6 is 0 Å². The highest BCUT2D eigenvalue weighted by molar-refractivity contribution is 5.13. The largest absolute Gasteiger partial charge is 0.374 e. The van der Waals surface area contributed by atoms with Crippen LogP contribution in [0.1, 0.15) is 25.3 Å². The van der Waals surface area contributed by atoms with Crippen molar-refractivity contribution in [2.75, 3.05) is 6.61 Å². The van der Waals surface area contributed by atoms with Crippen LogP contribution in [0.25, 0.3) is 0 Å². The first-order valence-corrected chi connectivity index (χ1v) is 5.68. The molecule has 2 unspecified atom stereocenters. The Balaban J connectivity index is 1.70. The summed E-state index contributed by atoms with van der Waals surface area (Å²) in [6, 6.07) is 10.0. The van der Waals surface area contributed by atoms with E-state index in [1.165, 1.54) is 0 Å². The Kier molecular flexibility index (Phi) is 3.59. The molecule has 0 spiro atoms. The SMILES string of the molecule is CC1(O)CCC(COCc2ccccc2)O1. The summed E-state index contributed by atoms with van der Waals surface area (Å²) in [7, 11) is 0. The summed E-state index contributed by atoms with van der Waals surface area (Å²) in [5.41, 5.74) is 1.16. The van der Waals surface area contributed by atoms with Gasteiger partial charge in [0.25, 0.3) is 0 Å². The summed E-state index contributed by atoms with van der Waals surface area (Å²) in [6.07, 6.45) is 1.58. The van der Waals surface area contributed by atoms with E-state index in [0.717, 1.165) is 12.0 Å². The van der Waals surface area contributed by atoms with E-state index in [0.29, 0.717) is 19.6 Å². The fraction of sp³-hybridized carbons (Fsp3) is 0.538. The first-order valence-electron chi connectivity index (χ1n) is 5.68. The van der Waals surface area contributed by atoms with Crippen molar-refractivity contribution in [3.05, 3.63) is 35.9 Å². The average molecular weight is 222 g/mol. The van der Waals surface area contributed by atoms with Crippen molar-refractivity contribution >= 4 is 0 Å². The minimum absolute atomic E-state index is 0.0266. The van der Waals surface area contributed by atoms with Crippen LogP contribution in [0.2, 0.25) is 0 Å². The van der Waals surface area contributed by atoms with E-state index in [1.807, 2.05) is 30.3 Å². The van der Waals surface area contributed by atoms with Crippen LogP contribution in [-0.4, -0.2) is 23.6 Å². The third-order valence-corrected chi connectivity index (χ3v) is 2.77. The van der Waals surface area contributed by atoms with Gasteiger partial charge in [0.1, 0.15) is 0 Å². The molecule has 0 aromatic heterocycles. The zero-order valence-corrected chi connectivity index (χ0v) is 9.56. The second-order valence-electron chi connectivity index (χ2n) is 4.45. The Morgan fingerprint density at radius 2 is 2.19 bits per heavy atom. The fourth-order valence-electron chi connectivity index (χ4n) is 1.91. The Morgan fingerprint density at radius 1 is 1.44 bits per heavy atom. The highest BCUT2D eigenvalue weighted by Gasteiger charge is 2.33. The molecule has 3 nitrogen and oxygen atoms in total. The molecule has 1 heterocycles. The molecule has 1 saturated heterocycles. The van der Waals surface area contributed by atoms with Gasteiger partial charge in [-0.15, -0.1) is 0 Å². The van der Waals surface area contributed by atoms with Crippen molar-refractivity contribution < 1.29 is 14.6 Å². The topological polar surface area (TPSA) is 38.7 Å². The minimum atomic E-state index is -0.958. The van der Waals surface area contributed by atoms with Crippen LogP contribution in [-0.2, 0) is 16.1 Å². The van der Waals surface area contributed by atoms with E-state index >= 15 is 0 Å². The Hall–Kier alpha value is -0.900. The molecule has 1 aromatic rings. The molecule has 2 rings (SSSR count). The molecule has 0 bridgehead atoms. The third-order valence-electron chi connectivity index (χ3n) is 2.77. The molecule has 3 heteroatoms. The van der Waals surface area contributed by atoms with E-state index in [4.69, 9.17) is 9.47 Å². The molecule has 0 saturated carbocycles. The number of hydrogen-bond acceptors (Lipinski definition) is 3. The molecule has 1 aliphatic heterocycles. The van der Waals surface area contributed by atoms with Gasteiger partial charge < -0.3 is 14.6 Å². The predicted octanol–water partition coefficient (Wildman–Crippen LogP) is 2.09. The minimum Gasteiger partial charge on any atom is -0.374 e. The van der Waals surface area contributed by atoms with E-state index in [1.54, 1.807) is 6.92 Å². The zero-order valence-electron chi connectivity index (χ0n) is 9.56. The Bertz CT molecular complexity index is 321. The fourth-order valence-corrected chi connectivity index (χ4v) is 1.91. The summed E-state index contributed by atoms with van der Waals surface area (Å²) in [5, 5.41) is 9.60. The molecule has 1 aliphatic rings. The smallest absolute Gasteiger partial charge is 0.163 e. The standard InChI is InChI=1S/C13H18O3/c1-13(14)8-7-12(16-13)10-15-9-11-5-3-2-4-6-11/h2-6,12,14H,7-10H2,1H3. The second kappa shape index (κ2) is 4.95. The summed E-state index contributed by atoms with van der Waals surface area (Å²) >= 11 is 0. The lowest BCUT2D eigenvalue weighted by molar-refractivity contribution is -0.187. The summed E-state index contributed by atoms with van der Waals surface area (Å²) in [5.74, 6) is -0.958. The normalized spacial score (nSPS) is 29.5. The molecular weight excluding hydrogens is 204 g/mol. The van der Waals surface area contributed by atoms with Crippen LogP contribution in [0.3, 0.4) is 0 Å². The van der Waals surface area contributed by atoms with Crippen LogP contribution < -0.4 is 0 Å². The Morgan fingerprint density at radius 3 is 2.81 bits per heavy atom. The highest BCUT2D eigenvalue weighted by atomic mass is 16.6. The van der Waals surface area contributed by atoms with Gasteiger partial charge in [-0.2, -0.15) is 0 Å². The number of rotatable bonds is 4. The van der Waals surface area contributed by atoms with Gasteiger partial charge in [0.2, 0.25) is 0 Å². The van der Waals surface area contributed by atoms with Gasteiger partial charge in [-0.05, 0) is 18.9 Å². The van der Waals surface area contributed by atoms with Crippen molar-refractivity contribution in [1.29, 1.82) is 0 Å². The molecule has 0 aliphatic carbocycles. The predicted molar refractivity (Wildman–Crippen MR) is 60.8 cm³/mol. The van der Waals surface area contributed by atoms with Crippen molar-refractivity contribution in [2.24, 2.45) is 0 Å². The van der Waals surface area contributed by atoms with Gasteiger partial charge in [-0.1, -0.05) is 30.3 Å². The summed E-state index contributed by atoms with van der Waals surface area (Å²) < 4.78 is 11.0. The quantitative estimate of drug-likeness (QED) is 0.847. The molecule has 88 valence electrons. The number of benzene rings is 1. The molecule has 0 radical (unpaired) electrons. The van der Waals surface area contributed by atoms with Gasteiger partial charge >= 0.3 is 0 Å². The van der Waals surface area contributed by atoms with Gasteiger partial charge in [-0.3, -0.25) is 0 Å². The average Bonchev–Trinajstić information content (AvgIpc) is 2.60. The van der Waals surface area contributed by atoms with E-state index < -0.39 is 5.79 Å². The van der Waals surface area contributed by atoms with Gasteiger partial charge in [0, 0.05) is 6.42 Å². The van der Waals surface area contributed by atoms with Crippen molar-refractivity contribution in [2.45, 2.75) is 38.3 Å². The molecule has 16 heavy (non-hydrogen) atoms. The maximum absolute atomic E-state index is 9.60. The molecule has 1 N–H and O–H groups in total. The maximum Gasteiger partial charge on any atom is 0.163 e. The highest BCUT2D eigenvalue weighted by Crippen LogP contribution is 2.27. The Labute approximate surface area is 96.0 Å². The molecular formula is C13H18O3. The van der Waals surface area contributed by atoms with Crippen LogP contribution in [0.4, 0.5) is 0 Å². The summed E-state index contributed by atoms with van der Waals surface area (Å²) in [4.78, 5) is 0. The van der Waals surface area contributed by atoms with Gasteiger partial charge in [0.15, 0.2) is 5.79 Å². The van der Waals surface area contributed by atoms with Crippen LogP contribution in [0.15, 0.2) is 30.3 Å². The van der Waals surface area contributed by atoms with Crippen LogP contribution in [0, 0.1) is 0 Å². The van der Waals surface area contributed by atoms with E-state index in [2.05, 4.69) is 0 Å². The molecule has 2 atom stereocenters. The van der Waals surface area contributed by atoms with Gasteiger partial charge in [-0.25, -0.2) is 0 Å². The first kappa shape index (κ1) is 11.6. The second-order valence-corrected chi connectivity index (χ2v) is 4.45. The van der Waals surface area contributed by atoms with E-state index in [9.17, 15) is 5.11 Å². The third kappa shape index (κ3) is 3.30. The lowest BCUT2D eigenvalue weighted by atomic mass is 10.2. The molecule has 1 fully saturated rings. The number of ether oxygens (including phenoxy) is 2. The molecule has 0 amide bonds. The summed E-state index contributed by atoms with van der Waals surface area (Å²) in [6.45, 7) is 2.85. The van der Waals surface area contributed by atoms with Crippen LogP contribution in [0.5, 0.6) is 0 Å². The monoisotopic (exact) mass is 222 g/mol.